The SMILES string of the molecule is Cc1cc(C)cc(Nc2nc(NCCC3=CCCCC3)nc3c2cnn3-c2ccccc2)c1. The zero-order valence-corrected chi connectivity index (χ0v) is 19.3. The van der Waals surface area contributed by atoms with Gasteiger partial charge in [0, 0.05) is 12.2 Å². The minimum Gasteiger partial charge on any atom is -0.354 e. The van der Waals surface area contributed by atoms with E-state index < -0.39 is 0 Å². The predicted octanol–water partition coefficient (Wildman–Crippen LogP) is 6.48. The van der Waals surface area contributed by atoms with Crippen LogP contribution in [0.5, 0.6) is 0 Å². The Kier molecular flexibility index (Phi) is 6.07. The fourth-order valence-electron chi connectivity index (χ4n) is 4.49. The van der Waals surface area contributed by atoms with E-state index in [0.717, 1.165) is 41.2 Å². The summed E-state index contributed by atoms with van der Waals surface area (Å²) in [4.78, 5) is 9.69. The summed E-state index contributed by atoms with van der Waals surface area (Å²) in [6.07, 6.45) is 10.3. The first-order valence-electron chi connectivity index (χ1n) is 11.7. The highest BCUT2D eigenvalue weighted by Gasteiger charge is 2.15. The summed E-state index contributed by atoms with van der Waals surface area (Å²) in [7, 11) is 0. The molecule has 2 aromatic carbocycles. The Morgan fingerprint density at radius 1 is 0.970 bits per heavy atom. The molecular weight excluding hydrogens is 408 g/mol. The Labute approximate surface area is 194 Å². The van der Waals surface area contributed by atoms with Crippen molar-refractivity contribution in [3.63, 3.8) is 0 Å². The highest BCUT2D eigenvalue weighted by atomic mass is 15.3. The summed E-state index contributed by atoms with van der Waals surface area (Å²) in [5.74, 6) is 1.37. The lowest BCUT2D eigenvalue weighted by Crippen LogP contribution is -2.09. The van der Waals surface area contributed by atoms with Crippen molar-refractivity contribution in [2.75, 3.05) is 17.2 Å². The van der Waals surface area contributed by atoms with E-state index in [1.54, 1.807) is 0 Å². The first-order chi connectivity index (χ1) is 16.2. The molecule has 2 N–H and O–H groups in total. The van der Waals surface area contributed by atoms with Crippen molar-refractivity contribution in [2.45, 2.75) is 46.0 Å². The van der Waals surface area contributed by atoms with Gasteiger partial charge < -0.3 is 10.6 Å². The topological polar surface area (TPSA) is 67.7 Å². The zero-order valence-electron chi connectivity index (χ0n) is 19.3. The van der Waals surface area contributed by atoms with E-state index in [1.807, 2.05) is 41.2 Å². The molecule has 6 heteroatoms. The third-order valence-corrected chi connectivity index (χ3v) is 6.03. The fourth-order valence-corrected chi connectivity index (χ4v) is 4.49. The Morgan fingerprint density at radius 2 is 1.79 bits per heavy atom. The second kappa shape index (κ2) is 9.45. The molecule has 4 aromatic rings. The summed E-state index contributed by atoms with van der Waals surface area (Å²) >= 11 is 0. The van der Waals surface area contributed by atoms with E-state index in [1.165, 1.54) is 42.4 Å². The zero-order chi connectivity index (χ0) is 22.6. The van der Waals surface area contributed by atoms with Crippen LogP contribution in [0.3, 0.4) is 0 Å². The van der Waals surface area contributed by atoms with Gasteiger partial charge in [0.2, 0.25) is 5.95 Å². The summed E-state index contributed by atoms with van der Waals surface area (Å²) in [6.45, 7) is 5.03. The summed E-state index contributed by atoms with van der Waals surface area (Å²) in [5, 5.41) is 12.5. The van der Waals surface area contributed by atoms with Gasteiger partial charge in [-0.25, -0.2) is 4.68 Å². The van der Waals surface area contributed by atoms with Gasteiger partial charge in [0.1, 0.15) is 5.82 Å². The molecule has 0 spiro atoms. The van der Waals surface area contributed by atoms with Gasteiger partial charge in [-0.3, -0.25) is 0 Å². The highest BCUT2D eigenvalue weighted by Crippen LogP contribution is 2.28. The lowest BCUT2D eigenvalue weighted by Gasteiger charge is -2.14. The van der Waals surface area contributed by atoms with Crippen LogP contribution >= 0.6 is 0 Å². The van der Waals surface area contributed by atoms with Crippen molar-refractivity contribution < 1.29 is 0 Å². The van der Waals surface area contributed by atoms with Crippen LogP contribution in [0.25, 0.3) is 16.7 Å². The van der Waals surface area contributed by atoms with Crippen LogP contribution in [-0.4, -0.2) is 26.3 Å². The number of nitrogens with one attached hydrogen (secondary N) is 2. The smallest absolute Gasteiger partial charge is 0.226 e. The molecule has 1 aliphatic carbocycles. The number of benzene rings is 2. The molecule has 0 radical (unpaired) electrons. The van der Waals surface area contributed by atoms with Gasteiger partial charge in [0.25, 0.3) is 0 Å². The molecule has 168 valence electrons. The number of hydrogen-bond donors (Lipinski definition) is 2. The van der Waals surface area contributed by atoms with Crippen molar-refractivity contribution in [3.05, 3.63) is 77.5 Å². The third kappa shape index (κ3) is 4.90. The number of nitrogens with zero attached hydrogens (tertiary/aromatic N) is 4. The number of rotatable bonds is 7. The van der Waals surface area contributed by atoms with Gasteiger partial charge >= 0.3 is 0 Å². The number of aryl methyl sites for hydroxylation is 2. The van der Waals surface area contributed by atoms with Crippen LogP contribution in [0.1, 0.15) is 43.2 Å². The number of allylic oxidation sites excluding steroid dienone is 1. The fraction of sp³-hybridized carbons (Fsp3) is 0.296. The van der Waals surface area contributed by atoms with Gasteiger partial charge in [0.15, 0.2) is 5.65 Å². The number of hydrogen-bond acceptors (Lipinski definition) is 5. The quantitative estimate of drug-likeness (QED) is 0.323. The van der Waals surface area contributed by atoms with E-state index in [-0.39, 0.29) is 0 Å². The molecule has 0 bridgehead atoms. The van der Waals surface area contributed by atoms with Crippen LogP contribution in [0, 0.1) is 13.8 Å². The van der Waals surface area contributed by atoms with E-state index in [0.29, 0.717) is 5.95 Å². The van der Waals surface area contributed by atoms with Crippen molar-refractivity contribution in [1.29, 1.82) is 0 Å². The second-order valence-electron chi connectivity index (χ2n) is 8.81. The third-order valence-electron chi connectivity index (χ3n) is 6.03. The van der Waals surface area contributed by atoms with Gasteiger partial charge in [-0.05, 0) is 81.3 Å². The molecule has 0 atom stereocenters. The first-order valence-corrected chi connectivity index (χ1v) is 11.7. The molecule has 6 nitrogen and oxygen atoms in total. The maximum atomic E-state index is 4.85. The minimum absolute atomic E-state index is 0.614. The van der Waals surface area contributed by atoms with E-state index in [9.17, 15) is 0 Å². The molecule has 0 saturated heterocycles. The van der Waals surface area contributed by atoms with Crippen LogP contribution in [0.4, 0.5) is 17.5 Å². The molecule has 2 heterocycles. The predicted molar refractivity (Wildman–Crippen MR) is 136 cm³/mol. The lowest BCUT2D eigenvalue weighted by atomic mass is 9.97. The second-order valence-corrected chi connectivity index (χ2v) is 8.81. The molecule has 33 heavy (non-hydrogen) atoms. The van der Waals surface area contributed by atoms with E-state index in [4.69, 9.17) is 9.97 Å². The van der Waals surface area contributed by atoms with Crippen molar-refractivity contribution in [1.82, 2.24) is 19.7 Å². The average Bonchev–Trinajstić information content (AvgIpc) is 3.24. The maximum Gasteiger partial charge on any atom is 0.226 e. The van der Waals surface area contributed by atoms with Gasteiger partial charge in [-0.1, -0.05) is 35.9 Å². The molecule has 2 aromatic heterocycles. The molecule has 0 unspecified atom stereocenters. The summed E-state index contributed by atoms with van der Waals surface area (Å²) in [6, 6.07) is 16.5. The standard InChI is InChI=1S/C27H30N6/c1-19-15-20(2)17-22(16-19)30-25-24-18-29-33(23-11-7-4-8-12-23)26(24)32-27(31-25)28-14-13-21-9-5-3-6-10-21/h4,7-9,11-12,15-18H,3,5-6,10,13-14H2,1-2H3,(H2,28,30,31,32). The monoisotopic (exact) mass is 438 g/mol. The molecular formula is C27H30N6. The Morgan fingerprint density at radius 3 is 2.55 bits per heavy atom. The van der Waals surface area contributed by atoms with Crippen LogP contribution in [-0.2, 0) is 0 Å². The molecule has 5 rings (SSSR count). The Bertz CT molecular complexity index is 1270. The Balaban J connectivity index is 1.49. The lowest BCUT2D eigenvalue weighted by molar-refractivity contribution is 0.679. The van der Waals surface area contributed by atoms with Gasteiger partial charge in [0.05, 0.1) is 17.3 Å². The number of aromatic nitrogens is 4. The van der Waals surface area contributed by atoms with Crippen molar-refractivity contribution in [2.24, 2.45) is 0 Å². The van der Waals surface area contributed by atoms with E-state index in [2.05, 4.69) is 53.9 Å². The normalized spacial score (nSPS) is 13.7. The molecule has 0 fully saturated rings. The number of anilines is 3. The van der Waals surface area contributed by atoms with Crippen LogP contribution < -0.4 is 10.6 Å². The van der Waals surface area contributed by atoms with E-state index >= 15 is 0 Å². The largest absolute Gasteiger partial charge is 0.354 e. The maximum absolute atomic E-state index is 4.85. The van der Waals surface area contributed by atoms with Gasteiger partial charge in [-0.2, -0.15) is 15.1 Å². The van der Waals surface area contributed by atoms with Crippen molar-refractivity contribution in [3.8, 4) is 5.69 Å². The Hall–Kier alpha value is -3.67. The molecule has 0 amide bonds. The molecule has 0 saturated carbocycles. The van der Waals surface area contributed by atoms with Crippen LogP contribution in [0.15, 0.2) is 66.4 Å². The number of para-hydroxylation sites is 1. The summed E-state index contributed by atoms with van der Waals surface area (Å²) < 4.78 is 1.87. The van der Waals surface area contributed by atoms with Gasteiger partial charge in [-0.15, -0.1) is 0 Å². The van der Waals surface area contributed by atoms with Crippen molar-refractivity contribution >= 4 is 28.5 Å². The molecule has 0 aliphatic heterocycles. The van der Waals surface area contributed by atoms with Crippen LogP contribution in [0.2, 0.25) is 0 Å². The minimum atomic E-state index is 0.614. The number of fused-ring (bicyclic) bond motifs is 1. The molecule has 1 aliphatic rings. The highest BCUT2D eigenvalue weighted by molar-refractivity contribution is 5.90. The average molecular weight is 439 g/mol. The first kappa shape index (κ1) is 21.2. The summed E-state index contributed by atoms with van der Waals surface area (Å²) in [5.41, 5.74) is 6.73.